The summed E-state index contributed by atoms with van der Waals surface area (Å²) in [6.45, 7) is 2.99. The quantitative estimate of drug-likeness (QED) is 0.497. The van der Waals surface area contributed by atoms with Crippen molar-refractivity contribution < 1.29 is 9.59 Å². The van der Waals surface area contributed by atoms with Gasteiger partial charge in [0.25, 0.3) is 0 Å². The topological polar surface area (TPSA) is 84.2 Å². The molecule has 76 valence electrons. The van der Waals surface area contributed by atoms with E-state index in [0.717, 1.165) is 6.42 Å². The molecule has 0 saturated carbocycles. The molecule has 0 aromatic heterocycles. The molecule has 4 N–H and O–H groups in total. The molecule has 0 aromatic carbocycles. The molecule has 13 heavy (non-hydrogen) atoms. The first-order chi connectivity index (χ1) is 6.20. The largest absolute Gasteiger partial charge is 0.356 e. The fourth-order valence-corrected chi connectivity index (χ4v) is 0.740. The summed E-state index contributed by atoms with van der Waals surface area (Å²) in [5.41, 5.74) is 5.06. The van der Waals surface area contributed by atoms with E-state index in [1.807, 2.05) is 6.92 Å². The van der Waals surface area contributed by atoms with Crippen molar-refractivity contribution in [1.29, 1.82) is 0 Å². The molecule has 0 spiro atoms. The number of nitrogens with one attached hydrogen (secondary N) is 2. The van der Waals surface area contributed by atoms with Crippen LogP contribution in [0.4, 0.5) is 0 Å². The number of hydrogen-bond donors (Lipinski definition) is 3. The summed E-state index contributed by atoms with van der Waals surface area (Å²) in [4.78, 5) is 21.6. The Morgan fingerprint density at radius 3 is 2.31 bits per heavy atom. The summed E-state index contributed by atoms with van der Waals surface area (Å²) in [6, 6.07) is 0. The molecule has 5 heteroatoms. The monoisotopic (exact) mass is 187 g/mol. The van der Waals surface area contributed by atoms with Crippen LogP contribution < -0.4 is 16.4 Å². The molecule has 0 atom stereocenters. The number of hydrogen-bond acceptors (Lipinski definition) is 3. The van der Waals surface area contributed by atoms with E-state index < -0.39 is 0 Å². The summed E-state index contributed by atoms with van der Waals surface area (Å²) >= 11 is 0. The van der Waals surface area contributed by atoms with Gasteiger partial charge in [-0.25, -0.2) is 0 Å². The molecule has 0 unspecified atom stereocenters. The van der Waals surface area contributed by atoms with Crippen LogP contribution in [-0.4, -0.2) is 31.4 Å². The van der Waals surface area contributed by atoms with Gasteiger partial charge in [-0.05, 0) is 6.42 Å². The Bertz CT molecular complexity index is 171. The van der Waals surface area contributed by atoms with Crippen molar-refractivity contribution in [2.24, 2.45) is 5.73 Å². The second-order valence-corrected chi connectivity index (χ2v) is 2.65. The van der Waals surface area contributed by atoms with Crippen molar-refractivity contribution in [1.82, 2.24) is 10.6 Å². The summed E-state index contributed by atoms with van der Waals surface area (Å²) in [5.74, 6) is -0.275. The molecule has 0 heterocycles. The van der Waals surface area contributed by atoms with Gasteiger partial charge in [0.15, 0.2) is 0 Å². The Balaban J connectivity index is 3.31. The first-order valence-corrected chi connectivity index (χ1v) is 4.44. The smallest absolute Gasteiger partial charge is 0.233 e. The highest BCUT2D eigenvalue weighted by Crippen LogP contribution is 1.78. The Morgan fingerprint density at radius 2 is 1.77 bits per heavy atom. The predicted molar refractivity (Wildman–Crippen MR) is 50.0 cm³/mol. The van der Waals surface area contributed by atoms with Crippen molar-refractivity contribution in [3.05, 3.63) is 0 Å². The van der Waals surface area contributed by atoms with E-state index in [0.29, 0.717) is 19.5 Å². The third-order valence-electron chi connectivity index (χ3n) is 1.43. The molecule has 0 bridgehead atoms. The van der Waals surface area contributed by atoms with E-state index >= 15 is 0 Å². The Morgan fingerprint density at radius 1 is 1.15 bits per heavy atom. The second-order valence-electron chi connectivity index (χ2n) is 2.65. The Labute approximate surface area is 78.1 Å². The molecule has 0 aliphatic heterocycles. The molecule has 0 aliphatic carbocycles. The van der Waals surface area contributed by atoms with Crippen molar-refractivity contribution >= 4 is 11.8 Å². The lowest BCUT2D eigenvalue weighted by molar-refractivity contribution is -0.121. The van der Waals surface area contributed by atoms with Crippen LogP contribution in [-0.2, 0) is 9.59 Å². The summed E-state index contributed by atoms with van der Waals surface area (Å²) in [5, 5.41) is 5.22. The minimum atomic E-state index is -0.233. The van der Waals surface area contributed by atoms with Crippen molar-refractivity contribution in [2.75, 3.05) is 19.6 Å². The van der Waals surface area contributed by atoms with Gasteiger partial charge in [0.1, 0.15) is 0 Å². The summed E-state index contributed by atoms with van der Waals surface area (Å²) < 4.78 is 0. The van der Waals surface area contributed by atoms with Gasteiger partial charge < -0.3 is 16.4 Å². The highest BCUT2D eigenvalue weighted by Gasteiger charge is 2.00. The van der Waals surface area contributed by atoms with Gasteiger partial charge in [0.05, 0.1) is 6.54 Å². The van der Waals surface area contributed by atoms with E-state index in [4.69, 9.17) is 5.73 Å². The standard InChI is InChI=1S/C8H17N3O2/c1-2-4-10-7(12)3-5-11-8(13)6-9/h2-6,9H2,1H3,(H,10,12)(H,11,13). The average molecular weight is 187 g/mol. The van der Waals surface area contributed by atoms with Gasteiger partial charge in [0.2, 0.25) is 11.8 Å². The van der Waals surface area contributed by atoms with Crippen LogP contribution in [0.25, 0.3) is 0 Å². The van der Waals surface area contributed by atoms with Gasteiger partial charge in [-0.15, -0.1) is 0 Å². The number of nitrogens with two attached hydrogens (primary N) is 1. The zero-order valence-electron chi connectivity index (χ0n) is 7.93. The van der Waals surface area contributed by atoms with E-state index in [2.05, 4.69) is 10.6 Å². The number of rotatable bonds is 6. The molecule has 0 aromatic rings. The minimum absolute atomic E-state index is 0.0312. The molecule has 0 saturated heterocycles. The van der Waals surface area contributed by atoms with Gasteiger partial charge in [-0.2, -0.15) is 0 Å². The number of amides is 2. The van der Waals surface area contributed by atoms with E-state index in [1.54, 1.807) is 0 Å². The first kappa shape index (κ1) is 11.9. The first-order valence-electron chi connectivity index (χ1n) is 4.44. The fourth-order valence-electron chi connectivity index (χ4n) is 0.740. The van der Waals surface area contributed by atoms with Gasteiger partial charge >= 0.3 is 0 Å². The Hall–Kier alpha value is -1.10. The maximum absolute atomic E-state index is 11.0. The molecule has 5 nitrogen and oxygen atoms in total. The molecule has 2 amide bonds. The van der Waals surface area contributed by atoms with Crippen LogP contribution in [0.3, 0.4) is 0 Å². The molecular formula is C8H17N3O2. The van der Waals surface area contributed by atoms with Crippen molar-refractivity contribution in [3.8, 4) is 0 Å². The molecule has 0 aliphatic rings. The van der Waals surface area contributed by atoms with Gasteiger partial charge in [-0.1, -0.05) is 6.92 Å². The van der Waals surface area contributed by atoms with Crippen LogP contribution in [0.5, 0.6) is 0 Å². The number of carbonyl (C=O) groups excluding carboxylic acids is 2. The van der Waals surface area contributed by atoms with Crippen LogP contribution in [0.1, 0.15) is 19.8 Å². The normalized spacial score (nSPS) is 9.38. The molecule has 0 rings (SSSR count). The molecular weight excluding hydrogens is 170 g/mol. The van der Waals surface area contributed by atoms with Crippen LogP contribution >= 0.6 is 0 Å². The van der Waals surface area contributed by atoms with Crippen LogP contribution in [0.15, 0.2) is 0 Å². The fraction of sp³-hybridized carbons (Fsp3) is 0.750. The second kappa shape index (κ2) is 7.54. The van der Waals surface area contributed by atoms with Crippen LogP contribution in [0, 0.1) is 0 Å². The summed E-state index contributed by atoms with van der Waals surface area (Å²) in [6.07, 6.45) is 1.23. The molecule has 0 fully saturated rings. The minimum Gasteiger partial charge on any atom is -0.356 e. The zero-order valence-corrected chi connectivity index (χ0v) is 7.93. The third kappa shape index (κ3) is 7.27. The maximum atomic E-state index is 11.0. The molecule has 0 radical (unpaired) electrons. The zero-order chi connectivity index (χ0) is 10.1. The van der Waals surface area contributed by atoms with Crippen molar-refractivity contribution in [3.63, 3.8) is 0 Å². The van der Waals surface area contributed by atoms with E-state index in [-0.39, 0.29) is 18.4 Å². The highest BCUT2D eigenvalue weighted by atomic mass is 16.2. The van der Waals surface area contributed by atoms with E-state index in [9.17, 15) is 9.59 Å². The average Bonchev–Trinajstić information content (AvgIpc) is 2.14. The highest BCUT2D eigenvalue weighted by molar-refractivity contribution is 5.79. The summed E-state index contributed by atoms with van der Waals surface area (Å²) in [7, 11) is 0. The van der Waals surface area contributed by atoms with E-state index in [1.165, 1.54) is 0 Å². The third-order valence-corrected chi connectivity index (χ3v) is 1.43. The number of carbonyl (C=O) groups is 2. The lowest BCUT2D eigenvalue weighted by Gasteiger charge is -2.04. The lowest BCUT2D eigenvalue weighted by Crippen LogP contribution is -2.34. The van der Waals surface area contributed by atoms with Gasteiger partial charge in [-0.3, -0.25) is 9.59 Å². The predicted octanol–water partition coefficient (Wildman–Crippen LogP) is -1.02. The maximum Gasteiger partial charge on any atom is 0.233 e. The van der Waals surface area contributed by atoms with Crippen molar-refractivity contribution in [2.45, 2.75) is 19.8 Å². The Kier molecular flexibility index (Phi) is 6.91. The van der Waals surface area contributed by atoms with Gasteiger partial charge in [0, 0.05) is 19.5 Å². The SMILES string of the molecule is CCCNC(=O)CCNC(=O)CN. The lowest BCUT2D eigenvalue weighted by atomic mass is 10.3. The van der Waals surface area contributed by atoms with Crippen LogP contribution in [0.2, 0.25) is 0 Å².